The zero-order valence-corrected chi connectivity index (χ0v) is 11.0. The molecule has 0 radical (unpaired) electrons. The molecule has 0 spiro atoms. The fraction of sp³-hybridized carbons (Fsp3) is 0.750. The van der Waals surface area contributed by atoms with E-state index in [0.717, 1.165) is 18.4 Å². The molecule has 0 aromatic carbocycles. The molecule has 2 aliphatic carbocycles. The number of ether oxygens (including phenoxy) is 1. The van der Waals surface area contributed by atoms with Gasteiger partial charge in [0.2, 0.25) is 0 Å². The van der Waals surface area contributed by atoms with Gasteiger partial charge < -0.3 is 4.74 Å². The van der Waals surface area contributed by atoms with Crippen molar-refractivity contribution in [2.45, 2.75) is 51.6 Å². The maximum Gasteiger partial charge on any atom is 0.0671 e. The Morgan fingerprint density at radius 1 is 1.35 bits per heavy atom. The van der Waals surface area contributed by atoms with Gasteiger partial charge in [0.25, 0.3) is 0 Å². The number of fused-ring (bicyclic) bond motifs is 2. The van der Waals surface area contributed by atoms with Crippen molar-refractivity contribution in [1.82, 2.24) is 0 Å². The third-order valence-electron chi connectivity index (χ3n) is 4.99. The zero-order chi connectivity index (χ0) is 11.8. The van der Waals surface area contributed by atoms with Gasteiger partial charge in [-0.1, -0.05) is 23.8 Å². The molecule has 94 valence electrons. The summed E-state index contributed by atoms with van der Waals surface area (Å²) in [5.41, 5.74) is 3.03. The van der Waals surface area contributed by atoms with Gasteiger partial charge in [-0.05, 0) is 57.3 Å². The summed E-state index contributed by atoms with van der Waals surface area (Å²) in [7, 11) is 0. The predicted molar refractivity (Wildman–Crippen MR) is 70.8 cm³/mol. The van der Waals surface area contributed by atoms with Gasteiger partial charge in [-0.15, -0.1) is 0 Å². The minimum atomic E-state index is 0.475. The molecule has 0 aromatic rings. The summed E-state index contributed by atoms with van der Waals surface area (Å²) in [6, 6.07) is 0. The molecule has 3 aliphatic rings. The van der Waals surface area contributed by atoms with E-state index in [0.29, 0.717) is 12.0 Å². The van der Waals surface area contributed by atoms with E-state index in [1.54, 1.807) is 5.57 Å². The number of hydrogen-bond acceptors (Lipinski definition) is 1. The van der Waals surface area contributed by atoms with Gasteiger partial charge in [0, 0.05) is 12.5 Å². The van der Waals surface area contributed by atoms with Crippen LogP contribution in [0.1, 0.15) is 45.4 Å². The van der Waals surface area contributed by atoms with Crippen LogP contribution in [-0.4, -0.2) is 12.7 Å². The molecule has 0 N–H and O–H groups in total. The molecule has 4 atom stereocenters. The lowest BCUT2D eigenvalue weighted by molar-refractivity contribution is -0.0881. The standard InChI is InChI=1S/C16H24O/c1-11-4-3-5-14(8-11)16-15-9-13(10-17-16)7-6-12(15)2/h4,13-16H,2-3,5-10H2,1H3/t13-,14-,15+,16+/m0/s1. The van der Waals surface area contributed by atoms with Crippen LogP contribution in [-0.2, 0) is 4.74 Å². The van der Waals surface area contributed by atoms with Gasteiger partial charge in [0.1, 0.15) is 0 Å². The molecule has 1 heterocycles. The van der Waals surface area contributed by atoms with Crippen LogP contribution in [0.15, 0.2) is 23.8 Å². The lowest BCUT2D eigenvalue weighted by Gasteiger charge is -2.45. The molecule has 2 bridgehead atoms. The quantitative estimate of drug-likeness (QED) is 0.618. The van der Waals surface area contributed by atoms with Crippen molar-refractivity contribution in [3.8, 4) is 0 Å². The summed E-state index contributed by atoms with van der Waals surface area (Å²) in [6.07, 6.45) is 10.6. The van der Waals surface area contributed by atoms with Gasteiger partial charge in [-0.3, -0.25) is 0 Å². The summed E-state index contributed by atoms with van der Waals surface area (Å²) >= 11 is 0. The normalized spacial score (nSPS) is 42.2. The van der Waals surface area contributed by atoms with E-state index in [9.17, 15) is 0 Å². The summed E-state index contributed by atoms with van der Waals surface area (Å²) < 4.78 is 6.22. The second-order valence-corrected chi connectivity index (χ2v) is 6.30. The van der Waals surface area contributed by atoms with Crippen LogP contribution in [0.3, 0.4) is 0 Å². The van der Waals surface area contributed by atoms with Crippen LogP contribution in [0.25, 0.3) is 0 Å². The first kappa shape index (κ1) is 11.5. The van der Waals surface area contributed by atoms with Crippen LogP contribution < -0.4 is 0 Å². The first-order chi connectivity index (χ1) is 8.24. The maximum atomic E-state index is 6.22. The van der Waals surface area contributed by atoms with E-state index in [1.165, 1.54) is 44.1 Å². The van der Waals surface area contributed by atoms with Crippen LogP contribution >= 0.6 is 0 Å². The summed E-state index contributed by atoms with van der Waals surface area (Å²) in [4.78, 5) is 0. The lowest BCUT2D eigenvalue weighted by Crippen LogP contribution is -2.43. The maximum absolute atomic E-state index is 6.22. The van der Waals surface area contributed by atoms with Crippen molar-refractivity contribution in [1.29, 1.82) is 0 Å². The van der Waals surface area contributed by atoms with E-state index >= 15 is 0 Å². The second-order valence-electron chi connectivity index (χ2n) is 6.30. The largest absolute Gasteiger partial charge is 0.377 e. The molecule has 17 heavy (non-hydrogen) atoms. The third kappa shape index (κ3) is 2.22. The Hall–Kier alpha value is -0.560. The SMILES string of the molecule is C=C1CC[C@@H]2CO[C@H]([C@H]3CCC=C(C)C3)[C@@H]1C2. The van der Waals surface area contributed by atoms with Gasteiger partial charge in [0.05, 0.1) is 6.10 Å². The molecule has 1 heteroatoms. The first-order valence-electron chi connectivity index (χ1n) is 7.19. The Morgan fingerprint density at radius 2 is 2.24 bits per heavy atom. The third-order valence-corrected chi connectivity index (χ3v) is 4.99. The highest BCUT2D eigenvalue weighted by Gasteiger charge is 2.40. The minimum Gasteiger partial charge on any atom is -0.377 e. The molecule has 3 rings (SSSR count). The van der Waals surface area contributed by atoms with Gasteiger partial charge >= 0.3 is 0 Å². The topological polar surface area (TPSA) is 9.23 Å². The Labute approximate surface area is 105 Å². The smallest absolute Gasteiger partial charge is 0.0671 e. The molecule has 0 amide bonds. The highest BCUT2D eigenvalue weighted by molar-refractivity contribution is 5.13. The molecule has 0 unspecified atom stereocenters. The van der Waals surface area contributed by atoms with Gasteiger partial charge in [0.15, 0.2) is 0 Å². The van der Waals surface area contributed by atoms with Gasteiger partial charge in [-0.25, -0.2) is 0 Å². The van der Waals surface area contributed by atoms with Crippen LogP contribution in [0.4, 0.5) is 0 Å². The highest BCUT2D eigenvalue weighted by atomic mass is 16.5. The van der Waals surface area contributed by atoms with E-state index in [-0.39, 0.29) is 0 Å². The summed E-state index contributed by atoms with van der Waals surface area (Å²) in [5, 5.41) is 0. The van der Waals surface area contributed by atoms with E-state index in [1.807, 2.05) is 0 Å². The highest BCUT2D eigenvalue weighted by Crippen LogP contribution is 2.44. The summed E-state index contributed by atoms with van der Waals surface area (Å²) in [6.45, 7) is 7.58. The first-order valence-corrected chi connectivity index (χ1v) is 7.19. The fourth-order valence-corrected chi connectivity index (χ4v) is 3.99. The molecule has 1 aliphatic heterocycles. The Morgan fingerprint density at radius 3 is 3.06 bits per heavy atom. The lowest BCUT2D eigenvalue weighted by atomic mass is 9.69. The molecule has 1 nitrogen and oxygen atoms in total. The second kappa shape index (κ2) is 4.61. The zero-order valence-electron chi connectivity index (χ0n) is 11.0. The minimum absolute atomic E-state index is 0.475. The van der Waals surface area contributed by atoms with Crippen LogP contribution in [0.5, 0.6) is 0 Å². The van der Waals surface area contributed by atoms with Gasteiger partial charge in [-0.2, -0.15) is 0 Å². The number of rotatable bonds is 1. The predicted octanol–water partition coefficient (Wildman–Crippen LogP) is 4.10. The van der Waals surface area contributed by atoms with Crippen molar-refractivity contribution in [2.24, 2.45) is 17.8 Å². The Balaban J connectivity index is 1.74. The van der Waals surface area contributed by atoms with E-state index in [2.05, 4.69) is 19.6 Å². The Bertz CT molecular complexity index is 341. The number of allylic oxidation sites excluding steroid dienone is 2. The van der Waals surface area contributed by atoms with Crippen LogP contribution in [0, 0.1) is 17.8 Å². The molecule has 1 saturated heterocycles. The molecular formula is C16H24O. The molecule has 1 saturated carbocycles. The van der Waals surface area contributed by atoms with Crippen molar-refractivity contribution in [3.63, 3.8) is 0 Å². The average Bonchev–Trinajstić information content (AvgIpc) is 2.34. The van der Waals surface area contributed by atoms with Crippen molar-refractivity contribution < 1.29 is 4.74 Å². The van der Waals surface area contributed by atoms with Crippen molar-refractivity contribution in [2.75, 3.05) is 6.61 Å². The molecule has 0 aromatic heterocycles. The molecular weight excluding hydrogens is 208 g/mol. The van der Waals surface area contributed by atoms with E-state index in [4.69, 9.17) is 4.74 Å². The monoisotopic (exact) mass is 232 g/mol. The van der Waals surface area contributed by atoms with Crippen molar-refractivity contribution >= 4 is 0 Å². The summed E-state index contributed by atoms with van der Waals surface area (Å²) in [5.74, 6) is 2.24. The average molecular weight is 232 g/mol. The van der Waals surface area contributed by atoms with Crippen molar-refractivity contribution in [3.05, 3.63) is 23.8 Å². The fourth-order valence-electron chi connectivity index (χ4n) is 3.99. The molecule has 2 fully saturated rings. The van der Waals surface area contributed by atoms with E-state index < -0.39 is 0 Å². The van der Waals surface area contributed by atoms with Crippen LogP contribution in [0.2, 0.25) is 0 Å². The number of hydrogen-bond donors (Lipinski definition) is 0. The Kier molecular flexibility index (Phi) is 3.12.